The quantitative estimate of drug-likeness (QED) is 0.850. The summed E-state index contributed by atoms with van der Waals surface area (Å²) in [4.78, 5) is 8.60. The van der Waals surface area contributed by atoms with Gasteiger partial charge in [0.1, 0.15) is 5.82 Å². The Labute approximate surface area is 105 Å². The predicted octanol–water partition coefficient (Wildman–Crippen LogP) is 1.93. The smallest absolute Gasteiger partial charge is 0.223 e. The Bertz CT molecular complexity index is 552. The highest BCUT2D eigenvalue weighted by atomic mass is 19.1. The zero-order valence-electron chi connectivity index (χ0n) is 9.99. The Morgan fingerprint density at radius 3 is 3.17 bits per heavy atom. The van der Waals surface area contributed by atoms with E-state index < -0.39 is 0 Å². The van der Waals surface area contributed by atoms with E-state index in [2.05, 4.69) is 20.6 Å². The molecule has 2 N–H and O–H groups in total. The third kappa shape index (κ3) is 2.41. The van der Waals surface area contributed by atoms with E-state index in [0.29, 0.717) is 17.5 Å². The number of piperidine rings is 1. The minimum absolute atomic E-state index is 0.272. The Hall–Kier alpha value is -1.75. The third-order valence-corrected chi connectivity index (χ3v) is 3.17. The lowest BCUT2D eigenvalue weighted by molar-refractivity contribution is 0.478. The number of halogens is 1. The normalized spacial score (nSPS) is 19.9. The molecule has 0 amide bonds. The fourth-order valence-electron chi connectivity index (χ4n) is 2.22. The zero-order chi connectivity index (χ0) is 12.4. The van der Waals surface area contributed by atoms with Crippen LogP contribution >= 0.6 is 0 Å². The molecule has 1 aliphatic heterocycles. The van der Waals surface area contributed by atoms with Crippen LogP contribution in [0.15, 0.2) is 24.4 Å². The van der Waals surface area contributed by atoms with Crippen molar-refractivity contribution in [3.8, 4) is 0 Å². The second-order valence-electron chi connectivity index (χ2n) is 4.58. The predicted molar refractivity (Wildman–Crippen MR) is 69.0 cm³/mol. The second kappa shape index (κ2) is 4.86. The van der Waals surface area contributed by atoms with Crippen LogP contribution in [0.5, 0.6) is 0 Å². The number of rotatable bonds is 2. The molecule has 3 rings (SSSR count). The van der Waals surface area contributed by atoms with Gasteiger partial charge in [0, 0.05) is 30.2 Å². The highest BCUT2D eigenvalue weighted by Gasteiger charge is 2.13. The van der Waals surface area contributed by atoms with Crippen molar-refractivity contribution < 1.29 is 4.39 Å². The van der Waals surface area contributed by atoms with Crippen LogP contribution in [0.4, 0.5) is 10.3 Å². The topological polar surface area (TPSA) is 49.8 Å². The lowest BCUT2D eigenvalue weighted by Crippen LogP contribution is -2.38. The van der Waals surface area contributed by atoms with Crippen LogP contribution in [0, 0.1) is 5.82 Å². The summed E-state index contributed by atoms with van der Waals surface area (Å²) in [6.45, 7) is 1.99. The van der Waals surface area contributed by atoms with E-state index in [9.17, 15) is 4.39 Å². The summed E-state index contributed by atoms with van der Waals surface area (Å²) in [5.74, 6) is 0.299. The fourth-order valence-corrected chi connectivity index (χ4v) is 2.22. The van der Waals surface area contributed by atoms with Gasteiger partial charge in [0.25, 0.3) is 0 Å². The molecular weight excluding hydrogens is 231 g/mol. The monoisotopic (exact) mass is 246 g/mol. The minimum atomic E-state index is -0.272. The number of nitrogens with zero attached hydrogens (tertiary/aromatic N) is 2. The van der Waals surface area contributed by atoms with Gasteiger partial charge in [-0.1, -0.05) is 0 Å². The molecule has 2 heterocycles. The number of hydrogen-bond acceptors (Lipinski definition) is 4. The minimum Gasteiger partial charge on any atom is -0.350 e. The van der Waals surface area contributed by atoms with E-state index in [1.54, 1.807) is 12.3 Å². The van der Waals surface area contributed by atoms with Crippen molar-refractivity contribution in [2.45, 2.75) is 18.9 Å². The van der Waals surface area contributed by atoms with Crippen LogP contribution in [0.3, 0.4) is 0 Å². The number of hydrogen-bond donors (Lipinski definition) is 2. The highest BCUT2D eigenvalue weighted by molar-refractivity contribution is 5.78. The summed E-state index contributed by atoms with van der Waals surface area (Å²) < 4.78 is 13.1. The first-order valence-electron chi connectivity index (χ1n) is 6.21. The molecule has 1 atom stereocenters. The van der Waals surface area contributed by atoms with Gasteiger partial charge in [-0.05, 0) is 31.5 Å². The van der Waals surface area contributed by atoms with Crippen molar-refractivity contribution in [2.75, 3.05) is 18.4 Å². The van der Waals surface area contributed by atoms with E-state index in [1.165, 1.54) is 12.1 Å². The van der Waals surface area contributed by atoms with Crippen LogP contribution < -0.4 is 10.6 Å². The van der Waals surface area contributed by atoms with Crippen LogP contribution in [-0.2, 0) is 0 Å². The van der Waals surface area contributed by atoms with Gasteiger partial charge in [0.15, 0.2) is 0 Å². The molecule has 0 spiro atoms. The molecule has 0 bridgehead atoms. The molecule has 94 valence electrons. The number of anilines is 1. The molecule has 18 heavy (non-hydrogen) atoms. The van der Waals surface area contributed by atoms with Gasteiger partial charge in [-0.25, -0.2) is 14.4 Å². The van der Waals surface area contributed by atoms with E-state index in [-0.39, 0.29) is 5.82 Å². The Morgan fingerprint density at radius 1 is 1.39 bits per heavy atom. The number of fused-ring (bicyclic) bond motifs is 1. The van der Waals surface area contributed by atoms with Crippen molar-refractivity contribution in [1.82, 2.24) is 15.3 Å². The van der Waals surface area contributed by atoms with Gasteiger partial charge < -0.3 is 10.6 Å². The molecular formula is C13H15FN4. The van der Waals surface area contributed by atoms with Gasteiger partial charge in [0.2, 0.25) is 5.95 Å². The molecule has 2 aromatic rings. The summed E-state index contributed by atoms with van der Waals surface area (Å²) >= 11 is 0. The summed E-state index contributed by atoms with van der Waals surface area (Å²) in [6.07, 6.45) is 3.98. The lowest BCUT2D eigenvalue weighted by Gasteiger charge is -2.23. The molecule has 4 nitrogen and oxygen atoms in total. The summed E-state index contributed by atoms with van der Waals surface area (Å²) in [5, 5.41) is 7.46. The number of benzene rings is 1. The van der Waals surface area contributed by atoms with Gasteiger partial charge in [-0.15, -0.1) is 0 Å². The highest BCUT2D eigenvalue weighted by Crippen LogP contribution is 2.15. The molecule has 1 aromatic heterocycles. The van der Waals surface area contributed by atoms with Gasteiger partial charge >= 0.3 is 0 Å². The van der Waals surface area contributed by atoms with Gasteiger partial charge in [-0.3, -0.25) is 0 Å². The average molecular weight is 246 g/mol. The molecule has 0 saturated carbocycles. The van der Waals surface area contributed by atoms with Gasteiger partial charge in [0.05, 0.1) is 5.52 Å². The molecule has 5 heteroatoms. The van der Waals surface area contributed by atoms with Crippen LogP contribution in [0.1, 0.15) is 12.8 Å². The van der Waals surface area contributed by atoms with E-state index in [1.807, 2.05) is 0 Å². The van der Waals surface area contributed by atoms with E-state index >= 15 is 0 Å². The van der Waals surface area contributed by atoms with Crippen molar-refractivity contribution in [3.05, 3.63) is 30.2 Å². The summed E-state index contributed by atoms with van der Waals surface area (Å²) in [7, 11) is 0. The maximum Gasteiger partial charge on any atom is 0.223 e. The fraction of sp³-hybridized carbons (Fsp3) is 0.385. The van der Waals surface area contributed by atoms with Crippen LogP contribution in [0.25, 0.3) is 10.9 Å². The molecule has 0 radical (unpaired) electrons. The Balaban J connectivity index is 1.83. The molecule has 1 aliphatic rings. The largest absolute Gasteiger partial charge is 0.350 e. The summed E-state index contributed by atoms with van der Waals surface area (Å²) in [5.41, 5.74) is 0.635. The second-order valence-corrected chi connectivity index (χ2v) is 4.58. The molecule has 0 unspecified atom stereocenters. The Kier molecular flexibility index (Phi) is 3.06. The molecule has 0 aliphatic carbocycles. The van der Waals surface area contributed by atoms with E-state index in [4.69, 9.17) is 0 Å². The Morgan fingerprint density at radius 2 is 2.33 bits per heavy atom. The first kappa shape index (κ1) is 11.3. The van der Waals surface area contributed by atoms with Crippen molar-refractivity contribution >= 4 is 16.9 Å². The first-order valence-corrected chi connectivity index (χ1v) is 6.21. The molecule has 1 fully saturated rings. The standard InChI is InChI=1S/C13H15FN4/c14-10-4-3-9-7-16-13(18-12(9)6-10)17-11-2-1-5-15-8-11/h3-4,6-7,11,15H,1-2,5,8H2,(H,16,17,18)/t11-/m1/s1. The van der Waals surface area contributed by atoms with Crippen LogP contribution in [0.2, 0.25) is 0 Å². The number of aromatic nitrogens is 2. The summed E-state index contributed by atoms with van der Waals surface area (Å²) in [6, 6.07) is 4.90. The lowest BCUT2D eigenvalue weighted by atomic mass is 10.1. The first-order chi connectivity index (χ1) is 8.81. The van der Waals surface area contributed by atoms with Crippen LogP contribution in [-0.4, -0.2) is 29.1 Å². The van der Waals surface area contributed by atoms with E-state index in [0.717, 1.165) is 31.3 Å². The SMILES string of the molecule is Fc1ccc2cnc(N[C@@H]3CCCNC3)nc2c1. The van der Waals surface area contributed by atoms with Gasteiger partial charge in [-0.2, -0.15) is 0 Å². The average Bonchev–Trinajstić information content (AvgIpc) is 2.39. The maximum atomic E-state index is 13.1. The molecule has 1 aromatic carbocycles. The van der Waals surface area contributed by atoms with Crippen molar-refractivity contribution in [2.24, 2.45) is 0 Å². The van der Waals surface area contributed by atoms with Crippen molar-refractivity contribution in [1.29, 1.82) is 0 Å². The third-order valence-electron chi connectivity index (χ3n) is 3.17. The number of nitrogens with one attached hydrogen (secondary N) is 2. The maximum absolute atomic E-state index is 13.1. The molecule has 1 saturated heterocycles. The zero-order valence-corrected chi connectivity index (χ0v) is 9.99. The van der Waals surface area contributed by atoms with Crippen molar-refractivity contribution in [3.63, 3.8) is 0 Å².